The summed E-state index contributed by atoms with van der Waals surface area (Å²) in [5, 5.41) is 3.94. The first kappa shape index (κ1) is 20.0. The van der Waals surface area contributed by atoms with Crippen molar-refractivity contribution in [2.75, 3.05) is 0 Å². The average Bonchev–Trinajstić information content (AvgIpc) is 3.51. The standard InChI is InChI=1S/C23H17BrFN3O2S/c24-14-6-7-16(17(25)12-14)19-8-9-20(30-19)22-21(18-5-1-2-10-26-18)27-23(31)28(22)13-15-4-3-11-29-15/h1-12,21-22H,13H2,(H,27,31)/t21-,22+/m1/s1. The Labute approximate surface area is 192 Å². The molecule has 1 aromatic carbocycles. The third-order valence-electron chi connectivity index (χ3n) is 5.22. The lowest BCUT2D eigenvalue weighted by Gasteiger charge is -2.25. The number of aromatic nitrogens is 1. The smallest absolute Gasteiger partial charge is 0.170 e. The minimum atomic E-state index is -0.357. The summed E-state index contributed by atoms with van der Waals surface area (Å²) in [5.41, 5.74) is 1.24. The first-order valence-electron chi connectivity index (χ1n) is 9.66. The quantitative estimate of drug-likeness (QED) is 0.340. The Morgan fingerprint density at radius 2 is 2.03 bits per heavy atom. The van der Waals surface area contributed by atoms with Crippen molar-refractivity contribution in [2.45, 2.75) is 18.6 Å². The summed E-state index contributed by atoms with van der Waals surface area (Å²) in [5.74, 6) is 1.54. The molecule has 1 aliphatic rings. The molecule has 1 aliphatic heterocycles. The predicted octanol–water partition coefficient (Wildman–Crippen LogP) is 6.01. The molecular weight excluding hydrogens is 481 g/mol. The molecule has 0 amide bonds. The molecule has 0 radical (unpaired) electrons. The zero-order valence-electron chi connectivity index (χ0n) is 16.2. The second kappa shape index (κ2) is 8.28. The van der Waals surface area contributed by atoms with E-state index in [1.54, 1.807) is 30.7 Å². The van der Waals surface area contributed by atoms with Crippen LogP contribution in [-0.4, -0.2) is 15.0 Å². The lowest BCUT2D eigenvalue weighted by Crippen LogP contribution is -2.28. The van der Waals surface area contributed by atoms with E-state index in [0.29, 0.717) is 33.2 Å². The molecule has 0 saturated carbocycles. The van der Waals surface area contributed by atoms with E-state index in [1.807, 2.05) is 41.3 Å². The van der Waals surface area contributed by atoms with Crippen LogP contribution in [0.4, 0.5) is 4.39 Å². The number of hydrogen-bond acceptors (Lipinski definition) is 4. The van der Waals surface area contributed by atoms with E-state index in [9.17, 15) is 4.39 Å². The van der Waals surface area contributed by atoms with Gasteiger partial charge < -0.3 is 19.1 Å². The summed E-state index contributed by atoms with van der Waals surface area (Å²) in [6.07, 6.45) is 3.38. The van der Waals surface area contributed by atoms with Crippen LogP contribution in [0.3, 0.4) is 0 Å². The Hall–Kier alpha value is -2.97. The third kappa shape index (κ3) is 3.88. The molecule has 1 fully saturated rings. The number of nitrogens with one attached hydrogen (secondary N) is 1. The molecule has 0 spiro atoms. The van der Waals surface area contributed by atoms with Crippen molar-refractivity contribution in [1.82, 2.24) is 15.2 Å². The van der Waals surface area contributed by atoms with E-state index >= 15 is 0 Å². The fourth-order valence-electron chi connectivity index (χ4n) is 3.80. The van der Waals surface area contributed by atoms with Gasteiger partial charge in [-0.3, -0.25) is 4.98 Å². The van der Waals surface area contributed by atoms with Gasteiger partial charge >= 0.3 is 0 Å². The van der Waals surface area contributed by atoms with Crippen LogP contribution in [0.5, 0.6) is 0 Å². The van der Waals surface area contributed by atoms with Gasteiger partial charge in [0.2, 0.25) is 0 Å². The van der Waals surface area contributed by atoms with Crippen LogP contribution < -0.4 is 5.32 Å². The van der Waals surface area contributed by atoms with Gasteiger partial charge in [0.25, 0.3) is 0 Å². The highest BCUT2D eigenvalue weighted by molar-refractivity contribution is 9.10. The van der Waals surface area contributed by atoms with Crippen LogP contribution in [-0.2, 0) is 6.54 Å². The molecule has 5 rings (SSSR count). The minimum absolute atomic E-state index is 0.225. The van der Waals surface area contributed by atoms with Gasteiger partial charge in [-0.25, -0.2) is 4.39 Å². The second-order valence-electron chi connectivity index (χ2n) is 7.16. The zero-order chi connectivity index (χ0) is 21.4. The number of halogens is 2. The van der Waals surface area contributed by atoms with Gasteiger partial charge in [0, 0.05) is 10.7 Å². The highest BCUT2D eigenvalue weighted by atomic mass is 79.9. The topological polar surface area (TPSA) is 54.4 Å². The number of thiocarbonyl (C=S) groups is 1. The molecule has 0 bridgehead atoms. The van der Waals surface area contributed by atoms with E-state index in [4.69, 9.17) is 21.1 Å². The Balaban J connectivity index is 1.55. The van der Waals surface area contributed by atoms with Crippen LogP contribution in [0, 0.1) is 5.82 Å². The molecule has 8 heteroatoms. The van der Waals surface area contributed by atoms with Crippen LogP contribution in [0.25, 0.3) is 11.3 Å². The Morgan fingerprint density at radius 3 is 2.77 bits per heavy atom. The monoisotopic (exact) mass is 497 g/mol. The van der Waals surface area contributed by atoms with Gasteiger partial charge in [-0.05, 0) is 66.8 Å². The first-order valence-corrected chi connectivity index (χ1v) is 10.9. The second-order valence-corrected chi connectivity index (χ2v) is 8.46. The molecular formula is C23H17BrFN3O2S. The van der Waals surface area contributed by atoms with Crippen molar-refractivity contribution in [1.29, 1.82) is 0 Å². The van der Waals surface area contributed by atoms with Crippen molar-refractivity contribution in [3.8, 4) is 11.3 Å². The molecule has 31 heavy (non-hydrogen) atoms. The van der Waals surface area contributed by atoms with E-state index in [2.05, 4.69) is 26.2 Å². The fourth-order valence-corrected chi connectivity index (χ4v) is 4.44. The molecule has 1 N–H and O–H groups in total. The molecule has 4 heterocycles. The summed E-state index contributed by atoms with van der Waals surface area (Å²) in [7, 11) is 0. The molecule has 5 nitrogen and oxygen atoms in total. The van der Waals surface area contributed by atoms with Crippen molar-refractivity contribution < 1.29 is 13.2 Å². The SMILES string of the molecule is Fc1cc(Br)ccc1-c1ccc([C@H]2[C@@H](c3ccccn3)NC(=S)N2Cc2ccco2)o1. The van der Waals surface area contributed by atoms with Gasteiger partial charge in [0.1, 0.15) is 29.1 Å². The number of nitrogens with zero attached hydrogens (tertiary/aromatic N) is 2. The summed E-state index contributed by atoms with van der Waals surface area (Å²) in [6, 6.07) is 17.5. The molecule has 0 unspecified atom stereocenters. The van der Waals surface area contributed by atoms with Gasteiger partial charge in [-0.1, -0.05) is 22.0 Å². The largest absolute Gasteiger partial charge is 0.467 e. The van der Waals surface area contributed by atoms with Gasteiger partial charge in [-0.2, -0.15) is 0 Å². The lowest BCUT2D eigenvalue weighted by atomic mass is 10.0. The molecule has 1 saturated heterocycles. The molecule has 0 aliphatic carbocycles. The number of furan rings is 2. The van der Waals surface area contributed by atoms with Crippen molar-refractivity contribution in [2.24, 2.45) is 0 Å². The van der Waals surface area contributed by atoms with Crippen molar-refractivity contribution >= 4 is 33.3 Å². The normalized spacial score (nSPS) is 18.4. The van der Waals surface area contributed by atoms with Crippen LogP contribution in [0.1, 0.15) is 29.3 Å². The van der Waals surface area contributed by atoms with Crippen LogP contribution in [0.2, 0.25) is 0 Å². The first-order chi connectivity index (χ1) is 15.1. The molecule has 156 valence electrons. The number of rotatable bonds is 5. The highest BCUT2D eigenvalue weighted by Gasteiger charge is 2.42. The third-order valence-corrected chi connectivity index (χ3v) is 6.06. The lowest BCUT2D eigenvalue weighted by molar-refractivity contribution is 0.253. The molecule has 4 aromatic rings. The minimum Gasteiger partial charge on any atom is -0.467 e. The maximum atomic E-state index is 14.5. The number of benzene rings is 1. The summed E-state index contributed by atoms with van der Waals surface area (Å²) in [6.45, 7) is 0.468. The highest BCUT2D eigenvalue weighted by Crippen LogP contribution is 2.41. The fraction of sp³-hybridized carbons (Fsp3) is 0.130. The number of hydrogen-bond donors (Lipinski definition) is 1. The molecule has 2 atom stereocenters. The maximum Gasteiger partial charge on any atom is 0.170 e. The Kier molecular flexibility index (Phi) is 5.33. The van der Waals surface area contributed by atoms with E-state index in [-0.39, 0.29) is 17.9 Å². The van der Waals surface area contributed by atoms with Crippen molar-refractivity contribution in [3.63, 3.8) is 0 Å². The van der Waals surface area contributed by atoms with Crippen LogP contribution >= 0.6 is 28.1 Å². The number of pyridine rings is 1. The van der Waals surface area contributed by atoms with Gasteiger partial charge in [0.05, 0.1) is 30.1 Å². The summed E-state index contributed by atoms with van der Waals surface area (Å²) < 4.78 is 26.9. The summed E-state index contributed by atoms with van der Waals surface area (Å²) in [4.78, 5) is 6.52. The van der Waals surface area contributed by atoms with Crippen LogP contribution in [0.15, 0.2) is 86.4 Å². The maximum absolute atomic E-state index is 14.5. The predicted molar refractivity (Wildman–Crippen MR) is 122 cm³/mol. The van der Waals surface area contributed by atoms with E-state index in [0.717, 1.165) is 11.5 Å². The Bertz CT molecular complexity index is 1210. The van der Waals surface area contributed by atoms with E-state index < -0.39 is 0 Å². The van der Waals surface area contributed by atoms with E-state index in [1.165, 1.54) is 6.07 Å². The van der Waals surface area contributed by atoms with Gasteiger partial charge in [0.15, 0.2) is 5.11 Å². The average molecular weight is 498 g/mol. The summed E-state index contributed by atoms with van der Waals surface area (Å²) >= 11 is 8.93. The van der Waals surface area contributed by atoms with Crippen molar-refractivity contribution in [3.05, 3.63) is 101 Å². The Morgan fingerprint density at radius 1 is 1.13 bits per heavy atom. The zero-order valence-corrected chi connectivity index (χ0v) is 18.6. The van der Waals surface area contributed by atoms with Gasteiger partial charge in [-0.15, -0.1) is 0 Å². The molecule has 3 aromatic heterocycles.